The zero-order valence-electron chi connectivity index (χ0n) is 6.35. The van der Waals surface area contributed by atoms with E-state index in [0.717, 1.165) is 19.8 Å². The SMILES string of the molecule is CC.NN1CCCNC1. The van der Waals surface area contributed by atoms with Crippen LogP contribution in [0.2, 0.25) is 0 Å². The minimum Gasteiger partial charge on any atom is -0.303 e. The highest BCUT2D eigenvalue weighted by atomic mass is 15.4. The number of nitrogens with two attached hydrogens (primary N) is 1. The highest BCUT2D eigenvalue weighted by molar-refractivity contribution is 4.56. The van der Waals surface area contributed by atoms with Gasteiger partial charge in [0.25, 0.3) is 0 Å². The molecule has 3 N–H and O–H groups in total. The van der Waals surface area contributed by atoms with Crippen LogP contribution in [0.1, 0.15) is 20.3 Å². The van der Waals surface area contributed by atoms with Crippen LogP contribution in [-0.2, 0) is 0 Å². The number of rotatable bonds is 0. The van der Waals surface area contributed by atoms with Gasteiger partial charge in [-0.1, -0.05) is 13.8 Å². The van der Waals surface area contributed by atoms with E-state index < -0.39 is 0 Å². The van der Waals surface area contributed by atoms with Gasteiger partial charge in [0.05, 0.1) is 6.67 Å². The van der Waals surface area contributed by atoms with Gasteiger partial charge in [-0.2, -0.15) is 0 Å². The molecule has 1 aliphatic heterocycles. The maximum Gasteiger partial charge on any atom is 0.0618 e. The van der Waals surface area contributed by atoms with Crippen LogP contribution in [0.5, 0.6) is 0 Å². The van der Waals surface area contributed by atoms with Crippen molar-refractivity contribution in [2.45, 2.75) is 20.3 Å². The van der Waals surface area contributed by atoms with Gasteiger partial charge < -0.3 is 5.32 Å². The van der Waals surface area contributed by atoms with E-state index in [1.165, 1.54) is 6.42 Å². The Balaban J connectivity index is 0.000000291. The Morgan fingerprint density at radius 2 is 2.11 bits per heavy atom. The fourth-order valence-electron chi connectivity index (χ4n) is 0.709. The van der Waals surface area contributed by atoms with E-state index in [1.54, 1.807) is 5.01 Å². The van der Waals surface area contributed by atoms with Gasteiger partial charge in [-0.25, -0.2) is 5.01 Å². The van der Waals surface area contributed by atoms with Crippen molar-refractivity contribution in [1.29, 1.82) is 0 Å². The first-order chi connectivity index (χ1) is 4.39. The molecular weight excluding hydrogens is 114 g/mol. The molecule has 0 unspecified atom stereocenters. The molecule has 0 aliphatic carbocycles. The molecule has 0 saturated carbocycles. The van der Waals surface area contributed by atoms with E-state index in [1.807, 2.05) is 13.8 Å². The molecule has 0 atom stereocenters. The van der Waals surface area contributed by atoms with Crippen molar-refractivity contribution in [3.8, 4) is 0 Å². The smallest absolute Gasteiger partial charge is 0.0618 e. The average molecular weight is 131 g/mol. The lowest BCUT2D eigenvalue weighted by atomic mass is 10.4. The molecule has 0 bridgehead atoms. The second kappa shape index (κ2) is 6.01. The first-order valence-corrected chi connectivity index (χ1v) is 3.60. The van der Waals surface area contributed by atoms with Crippen molar-refractivity contribution in [3.05, 3.63) is 0 Å². The van der Waals surface area contributed by atoms with Crippen molar-refractivity contribution in [3.63, 3.8) is 0 Å². The lowest BCUT2D eigenvalue weighted by molar-refractivity contribution is 0.221. The Morgan fingerprint density at radius 3 is 2.33 bits per heavy atom. The fourth-order valence-corrected chi connectivity index (χ4v) is 0.709. The highest BCUT2D eigenvalue weighted by Gasteiger charge is 2.01. The number of nitrogens with zero attached hydrogens (tertiary/aromatic N) is 1. The van der Waals surface area contributed by atoms with Crippen molar-refractivity contribution in [1.82, 2.24) is 10.3 Å². The average Bonchev–Trinajstić information content (AvgIpc) is 1.94. The molecular formula is C6H17N3. The van der Waals surface area contributed by atoms with E-state index in [4.69, 9.17) is 5.84 Å². The molecule has 0 radical (unpaired) electrons. The summed E-state index contributed by atoms with van der Waals surface area (Å²) >= 11 is 0. The largest absolute Gasteiger partial charge is 0.303 e. The molecule has 0 aromatic carbocycles. The summed E-state index contributed by atoms with van der Waals surface area (Å²) in [6.07, 6.45) is 1.18. The molecule has 3 heteroatoms. The van der Waals surface area contributed by atoms with Crippen molar-refractivity contribution in [2.24, 2.45) is 5.84 Å². The lowest BCUT2D eigenvalue weighted by Gasteiger charge is -2.21. The first-order valence-electron chi connectivity index (χ1n) is 3.60. The third-order valence-corrected chi connectivity index (χ3v) is 1.11. The third-order valence-electron chi connectivity index (χ3n) is 1.11. The monoisotopic (exact) mass is 131 g/mol. The Labute approximate surface area is 57.2 Å². The van der Waals surface area contributed by atoms with Gasteiger partial charge in [0.2, 0.25) is 0 Å². The molecule has 1 saturated heterocycles. The van der Waals surface area contributed by atoms with Gasteiger partial charge in [0.15, 0.2) is 0 Å². The maximum atomic E-state index is 5.41. The minimum atomic E-state index is 0.847. The van der Waals surface area contributed by atoms with E-state index in [9.17, 15) is 0 Å². The lowest BCUT2D eigenvalue weighted by Crippen LogP contribution is -2.45. The molecule has 0 spiro atoms. The van der Waals surface area contributed by atoms with Crippen LogP contribution in [-0.4, -0.2) is 24.8 Å². The normalized spacial score (nSPS) is 20.3. The molecule has 0 aromatic rings. The topological polar surface area (TPSA) is 41.3 Å². The molecule has 56 valence electrons. The number of hydrogen-bond donors (Lipinski definition) is 2. The van der Waals surface area contributed by atoms with Crippen LogP contribution < -0.4 is 11.2 Å². The van der Waals surface area contributed by atoms with E-state index >= 15 is 0 Å². The molecule has 9 heavy (non-hydrogen) atoms. The number of hydrogen-bond acceptors (Lipinski definition) is 3. The van der Waals surface area contributed by atoms with Gasteiger partial charge in [0, 0.05) is 6.54 Å². The minimum absolute atomic E-state index is 0.847. The number of hydrazine groups is 1. The van der Waals surface area contributed by atoms with Gasteiger partial charge in [-0.15, -0.1) is 0 Å². The van der Waals surface area contributed by atoms with Gasteiger partial charge in [0.1, 0.15) is 0 Å². The van der Waals surface area contributed by atoms with Gasteiger partial charge in [-0.05, 0) is 13.0 Å². The van der Waals surface area contributed by atoms with Crippen LogP contribution in [0.4, 0.5) is 0 Å². The Morgan fingerprint density at radius 1 is 1.44 bits per heavy atom. The predicted molar refractivity (Wildman–Crippen MR) is 39.7 cm³/mol. The van der Waals surface area contributed by atoms with Gasteiger partial charge in [-0.3, -0.25) is 5.84 Å². The molecule has 0 amide bonds. The van der Waals surface area contributed by atoms with Crippen molar-refractivity contribution >= 4 is 0 Å². The molecule has 0 aromatic heterocycles. The predicted octanol–water partition coefficient (Wildman–Crippen LogP) is 0.139. The second-order valence-electron chi connectivity index (χ2n) is 1.82. The fraction of sp³-hybridized carbons (Fsp3) is 1.00. The second-order valence-corrected chi connectivity index (χ2v) is 1.82. The summed E-state index contributed by atoms with van der Waals surface area (Å²) < 4.78 is 0. The quantitative estimate of drug-likeness (QED) is 0.459. The third kappa shape index (κ3) is 4.39. The molecule has 1 fully saturated rings. The molecule has 1 rings (SSSR count). The summed E-state index contributed by atoms with van der Waals surface area (Å²) in [5.74, 6) is 5.41. The van der Waals surface area contributed by atoms with Crippen LogP contribution in [0, 0.1) is 0 Å². The molecule has 3 nitrogen and oxygen atoms in total. The standard InChI is InChI=1S/C4H11N3.C2H6/c5-7-3-1-2-6-4-7;1-2/h6H,1-5H2;1-2H3. The first kappa shape index (κ1) is 8.88. The van der Waals surface area contributed by atoms with Gasteiger partial charge >= 0.3 is 0 Å². The summed E-state index contributed by atoms with van der Waals surface area (Å²) in [5.41, 5.74) is 0. The van der Waals surface area contributed by atoms with Crippen molar-refractivity contribution in [2.75, 3.05) is 19.8 Å². The summed E-state index contributed by atoms with van der Waals surface area (Å²) in [4.78, 5) is 0. The Kier molecular flexibility index (Phi) is 5.93. The van der Waals surface area contributed by atoms with E-state index in [-0.39, 0.29) is 0 Å². The van der Waals surface area contributed by atoms with Crippen LogP contribution in [0.3, 0.4) is 0 Å². The molecule has 1 heterocycles. The Bertz CT molecular complexity index is 50.3. The van der Waals surface area contributed by atoms with Crippen LogP contribution in [0.15, 0.2) is 0 Å². The summed E-state index contributed by atoms with van der Waals surface area (Å²) in [7, 11) is 0. The summed E-state index contributed by atoms with van der Waals surface area (Å²) in [6, 6.07) is 0. The van der Waals surface area contributed by atoms with Crippen LogP contribution in [0.25, 0.3) is 0 Å². The zero-order chi connectivity index (χ0) is 7.11. The number of nitrogens with one attached hydrogen (secondary N) is 1. The molecule has 1 aliphatic rings. The highest BCUT2D eigenvalue weighted by Crippen LogP contribution is 1.85. The summed E-state index contributed by atoms with van der Waals surface area (Å²) in [6.45, 7) is 7.00. The summed E-state index contributed by atoms with van der Waals surface area (Å²) in [5, 5.41) is 4.92. The van der Waals surface area contributed by atoms with Crippen molar-refractivity contribution < 1.29 is 0 Å². The van der Waals surface area contributed by atoms with Crippen LogP contribution >= 0.6 is 0 Å². The Hall–Kier alpha value is -0.120. The zero-order valence-corrected chi connectivity index (χ0v) is 6.35. The van der Waals surface area contributed by atoms with E-state index in [2.05, 4.69) is 5.32 Å². The maximum absolute atomic E-state index is 5.41. The van der Waals surface area contributed by atoms with E-state index in [0.29, 0.717) is 0 Å².